The van der Waals surface area contributed by atoms with Crippen LogP contribution in [0.4, 0.5) is 0 Å². The lowest BCUT2D eigenvalue weighted by molar-refractivity contribution is 0.173. The number of thioether (sulfide) groups is 1. The van der Waals surface area contributed by atoms with E-state index in [9.17, 15) is 18.3 Å². The van der Waals surface area contributed by atoms with E-state index in [0.717, 1.165) is 19.3 Å². The minimum Gasteiger partial charge on any atom is -0.391 e. The number of nitrogens with zero attached hydrogens (tertiary/aromatic N) is 2. The number of aromatic nitrogens is 2. The zero-order valence-electron chi connectivity index (χ0n) is 16.1. The number of benzene rings is 1. The smallest absolute Gasteiger partial charge is 0.262 e. The van der Waals surface area contributed by atoms with Gasteiger partial charge in [-0.2, -0.15) is 0 Å². The normalized spacial score (nSPS) is 32.6. The number of sulfone groups is 1. The molecule has 1 aromatic heterocycles. The van der Waals surface area contributed by atoms with Gasteiger partial charge in [0.25, 0.3) is 5.56 Å². The summed E-state index contributed by atoms with van der Waals surface area (Å²) >= 11 is 1.24. The van der Waals surface area contributed by atoms with Crippen molar-refractivity contribution in [1.29, 1.82) is 0 Å². The van der Waals surface area contributed by atoms with Crippen LogP contribution in [0, 0.1) is 11.8 Å². The van der Waals surface area contributed by atoms with E-state index in [1.54, 1.807) is 16.7 Å². The monoisotopic (exact) mass is 422 g/mol. The van der Waals surface area contributed by atoms with Gasteiger partial charge in [0.2, 0.25) is 0 Å². The lowest BCUT2D eigenvalue weighted by atomic mass is 9.78. The summed E-state index contributed by atoms with van der Waals surface area (Å²) in [4.78, 5) is 18.1. The Hall–Kier alpha value is -1.38. The van der Waals surface area contributed by atoms with E-state index >= 15 is 0 Å². The van der Waals surface area contributed by atoms with Crippen molar-refractivity contribution in [2.24, 2.45) is 11.8 Å². The van der Waals surface area contributed by atoms with Crippen LogP contribution in [-0.4, -0.2) is 45.9 Å². The van der Waals surface area contributed by atoms with Crippen LogP contribution in [0.1, 0.15) is 39.2 Å². The molecule has 2 aliphatic rings. The van der Waals surface area contributed by atoms with Crippen molar-refractivity contribution in [1.82, 2.24) is 9.55 Å². The van der Waals surface area contributed by atoms with Crippen molar-refractivity contribution in [3.8, 4) is 0 Å². The summed E-state index contributed by atoms with van der Waals surface area (Å²) in [6.07, 6.45) is 2.18. The third kappa shape index (κ3) is 3.62. The number of aliphatic hydroxyl groups is 1. The number of para-hydroxylation sites is 1. The van der Waals surface area contributed by atoms with Gasteiger partial charge in [0.15, 0.2) is 15.0 Å². The first-order valence-electron chi connectivity index (χ1n) is 9.83. The average molecular weight is 423 g/mol. The summed E-state index contributed by atoms with van der Waals surface area (Å²) in [5.41, 5.74) is 0.535. The van der Waals surface area contributed by atoms with E-state index in [0.29, 0.717) is 27.9 Å². The molecular formula is C20H26N2O4S2. The summed E-state index contributed by atoms with van der Waals surface area (Å²) in [6.45, 7) is 4.40. The zero-order chi connectivity index (χ0) is 20.1. The van der Waals surface area contributed by atoms with Gasteiger partial charge >= 0.3 is 0 Å². The van der Waals surface area contributed by atoms with Crippen molar-refractivity contribution >= 4 is 32.5 Å². The van der Waals surface area contributed by atoms with E-state index in [4.69, 9.17) is 4.98 Å². The second kappa shape index (κ2) is 7.46. The van der Waals surface area contributed by atoms with Crippen LogP contribution in [0.5, 0.6) is 0 Å². The SMILES string of the molecule is C[C@@H]1[C@@H](C)CCC[C@@H]1n1c(S[C@@H]2CS(=O)(=O)C[C@@H]2O)nc2ccccc2c1=O. The molecule has 8 heteroatoms. The van der Waals surface area contributed by atoms with E-state index in [1.165, 1.54) is 11.8 Å². The molecule has 2 fully saturated rings. The van der Waals surface area contributed by atoms with Crippen LogP contribution >= 0.6 is 11.8 Å². The summed E-state index contributed by atoms with van der Waals surface area (Å²) in [6, 6.07) is 7.31. The Morgan fingerprint density at radius 3 is 2.64 bits per heavy atom. The Morgan fingerprint density at radius 1 is 1.18 bits per heavy atom. The van der Waals surface area contributed by atoms with Gasteiger partial charge in [-0.15, -0.1) is 0 Å². The lowest BCUT2D eigenvalue weighted by Gasteiger charge is -2.36. The molecule has 6 nitrogen and oxygen atoms in total. The molecule has 0 amide bonds. The van der Waals surface area contributed by atoms with Crippen molar-refractivity contribution in [3.63, 3.8) is 0 Å². The fourth-order valence-corrected chi connectivity index (χ4v) is 8.10. The van der Waals surface area contributed by atoms with Gasteiger partial charge in [-0.25, -0.2) is 13.4 Å². The van der Waals surface area contributed by atoms with Crippen molar-refractivity contribution in [3.05, 3.63) is 34.6 Å². The first-order chi connectivity index (χ1) is 13.3. The molecule has 2 heterocycles. The molecule has 0 unspecified atom stereocenters. The van der Waals surface area contributed by atoms with Gasteiger partial charge in [-0.05, 0) is 30.4 Å². The van der Waals surface area contributed by atoms with E-state index in [-0.39, 0.29) is 23.1 Å². The number of hydrogen-bond donors (Lipinski definition) is 1. The maximum absolute atomic E-state index is 13.4. The Kier molecular flexibility index (Phi) is 5.31. The summed E-state index contributed by atoms with van der Waals surface area (Å²) in [5.74, 6) is 0.524. The maximum atomic E-state index is 13.4. The number of fused-ring (bicyclic) bond motifs is 1. The second-order valence-electron chi connectivity index (χ2n) is 8.22. The van der Waals surface area contributed by atoms with Gasteiger partial charge in [-0.1, -0.05) is 50.6 Å². The van der Waals surface area contributed by atoms with Crippen LogP contribution in [-0.2, 0) is 9.84 Å². The predicted molar refractivity (Wildman–Crippen MR) is 112 cm³/mol. The van der Waals surface area contributed by atoms with Crippen LogP contribution in [0.25, 0.3) is 10.9 Å². The molecule has 2 aromatic rings. The average Bonchev–Trinajstić information content (AvgIpc) is 2.90. The molecule has 152 valence electrons. The molecular weight excluding hydrogens is 396 g/mol. The van der Waals surface area contributed by atoms with Crippen LogP contribution in [0.2, 0.25) is 0 Å². The minimum absolute atomic E-state index is 0.0333. The van der Waals surface area contributed by atoms with Gasteiger partial charge in [0.1, 0.15) is 0 Å². The molecule has 1 aliphatic carbocycles. The fraction of sp³-hybridized carbons (Fsp3) is 0.600. The molecule has 1 aliphatic heterocycles. The quantitative estimate of drug-likeness (QED) is 0.765. The molecule has 1 saturated heterocycles. The predicted octanol–water partition coefficient (Wildman–Crippen LogP) is 2.64. The molecule has 1 N–H and O–H groups in total. The Bertz CT molecular complexity index is 1050. The van der Waals surface area contributed by atoms with Gasteiger partial charge < -0.3 is 5.11 Å². The third-order valence-electron chi connectivity index (χ3n) is 6.30. The van der Waals surface area contributed by atoms with Crippen molar-refractivity contribution < 1.29 is 13.5 Å². The topological polar surface area (TPSA) is 89.3 Å². The molecule has 28 heavy (non-hydrogen) atoms. The molecule has 1 aromatic carbocycles. The van der Waals surface area contributed by atoms with Gasteiger partial charge in [0, 0.05) is 6.04 Å². The Balaban J connectivity index is 1.83. The largest absolute Gasteiger partial charge is 0.391 e. The van der Waals surface area contributed by atoms with Gasteiger partial charge in [-0.3, -0.25) is 9.36 Å². The van der Waals surface area contributed by atoms with Crippen LogP contribution < -0.4 is 5.56 Å². The van der Waals surface area contributed by atoms with E-state index < -0.39 is 21.2 Å². The van der Waals surface area contributed by atoms with Crippen LogP contribution in [0.3, 0.4) is 0 Å². The Labute approximate surface area is 169 Å². The Morgan fingerprint density at radius 2 is 1.93 bits per heavy atom. The summed E-state index contributed by atoms with van der Waals surface area (Å²) in [7, 11) is -3.26. The molecule has 5 atom stereocenters. The summed E-state index contributed by atoms with van der Waals surface area (Å²) < 4.78 is 25.7. The van der Waals surface area contributed by atoms with E-state index in [1.807, 2.05) is 12.1 Å². The molecule has 0 bridgehead atoms. The minimum atomic E-state index is -3.26. The molecule has 0 spiro atoms. The number of rotatable bonds is 3. The highest BCUT2D eigenvalue weighted by molar-refractivity contribution is 8.01. The molecule has 4 rings (SSSR count). The van der Waals surface area contributed by atoms with Crippen LogP contribution in [0.15, 0.2) is 34.2 Å². The third-order valence-corrected chi connectivity index (χ3v) is 9.51. The first kappa shape index (κ1) is 19.9. The standard InChI is InChI=1S/C20H26N2O4S2/c1-12-6-5-9-16(13(12)2)22-19(24)14-7-3-4-8-15(14)21-20(22)27-18-11-28(25,26)10-17(18)23/h3-4,7-8,12-13,16-18,23H,5-6,9-11H2,1-2H3/t12-,13+,16-,17-,18+/m0/s1. The number of aliphatic hydroxyl groups excluding tert-OH is 1. The molecule has 0 radical (unpaired) electrons. The van der Waals surface area contributed by atoms with E-state index in [2.05, 4.69) is 13.8 Å². The fourth-order valence-electron chi connectivity index (χ4n) is 4.46. The highest BCUT2D eigenvalue weighted by Gasteiger charge is 2.39. The summed E-state index contributed by atoms with van der Waals surface area (Å²) in [5, 5.41) is 10.9. The molecule has 1 saturated carbocycles. The van der Waals surface area contributed by atoms with Gasteiger partial charge in [0.05, 0.1) is 33.8 Å². The van der Waals surface area contributed by atoms with Crippen molar-refractivity contribution in [2.75, 3.05) is 11.5 Å². The number of hydrogen-bond acceptors (Lipinski definition) is 6. The lowest BCUT2D eigenvalue weighted by Crippen LogP contribution is -2.36. The zero-order valence-corrected chi connectivity index (χ0v) is 17.7. The van der Waals surface area contributed by atoms with Crippen molar-refractivity contribution in [2.45, 2.75) is 55.7 Å². The second-order valence-corrected chi connectivity index (χ2v) is 11.6. The first-order valence-corrected chi connectivity index (χ1v) is 12.5. The highest BCUT2D eigenvalue weighted by atomic mass is 32.2. The highest BCUT2D eigenvalue weighted by Crippen LogP contribution is 2.40. The maximum Gasteiger partial charge on any atom is 0.262 e.